The standard InChI is InChI=1S/C11H16ClNO2S/c1-10(12)9-13-16(14,15)8-7-11-5-3-2-4-6-11/h2-6,10,13H,7-9H2,1H3. The Morgan fingerprint density at radius 3 is 2.50 bits per heavy atom. The van der Waals surface area contributed by atoms with Gasteiger partial charge in [0, 0.05) is 11.9 Å². The molecule has 0 amide bonds. The lowest BCUT2D eigenvalue weighted by Gasteiger charge is -2.07. The molecular formula is C11H16ClNO2S. The van der Waals surface area contributed by atoms with E-state index in [4.69, 9.17) is 11.6 Å². The summed E-state index contributed by atoms with van der Waals surface area (Å²) in [5.41, 5.74) is 1.02. The highest BCUT2D eigenvalue weighted by molar-refractivity contribution is 7.89. The predicted molar refractivity (Wildman–Crippen MR) is 67.3 cm³/mol. The van der Waals surface area contributed by atoms with Crippen LogP contribution in [0.1, 0.15) is 12.5 Å². The quantitative estimate of drug-likeness (QED) is 0.794. The fourth-order valence-corrected chi connectivity index (χ4v) is 2.53. The first-order valence-corrected chi connectivity index (χ1v) is 7.24. The molecule has 0 aliphatic rings. The average molecular weight is 262 g/mol. The van der Waals surface area contributed by atoms with E-state index in [-0.39, 0.29) is 17.7 Å². The molecule has 0 heterocycles. The van der Waals surface area contributed by atoms with Crippen molar-refractivity contribution in [1.29, 1.82) is 0 Å². The Labute approximate surface area is 102 Å². The molecule has 0 aromatic heterocycles. The average Bonchev–Trinajstić information content (AvgIpc) is 2.26. The Morgan fingerprint density at radius 2 is 1.94 bits per heavy atom. The first-order valence-electron chi connectivity index (χ1n) is 5.15. The van der Waals surface area contributed by atoms with Crippen LogP contribution in [-0.2, 0) is 16.4 Å². The molecule has 0 radical (unpaired) electrons. The maximum atomic E-state index is 11.5. The summed E-state index contributed by atoms with van der Waals surface area (Å²) in [6.07, 6.45) is 0.521. The van der Waals surface area contributed by atoms with Gasteiger partial charge in [0.05, 0.1) is 5.75 Å². The van der Waals surface area contributed by atoms with E-state index in [1.165, 1.54) is 0 Å². The number of hydrogen-bond donors (Lipinski definition) is 1. The van der Waals surface area contributed by atoms with Gasteiger partial charge in [-0.3, -0.25) is 0 Å². The van der Waals surface area contributed by atoms with Gasteiger partial charge < -0.3 is 0 Å². The summed E-state index contributed by atoms with van der Waals surface area (Å²) in [5, 5.41) is -0.188. The van der Waals surface area contributed by atoms with E-state index in [1.54, 1.807) is 6.92 Å². The maximum Gasteiger partial charge on any atom is 0.211 e. The Balaban J connectivity index is 2.42. The topological polar surface area (TPSA) is 46.2 Å². The lowest BCUT2D eigenvalue weighted by molar-refractivity contribution is 0.580. The number of nitrogens with one attached hydrogen (secondary N) is 1. The van der Waals surface area contributed by atoms with Crippen LogP contribution in [0.25, 0.3) is 0 Å². The number of halogens is 1. The summed E-state index contributed by atoms with van der Waals surface area (Å²) in [5.74, 6) is 0.0978. The van der Waals surface area contributed by atoms with Crippen molar-refractivity contribution in [3.8, 4) is 0 Å². The van der Waals surface area contributed by atoms with Crippen LogP contribution in [0.2, 0.25) is 0 Å². The van der Waals surface area contributed by atoms with Gasteiger partial charge in [-0.1, -0.05) is 30.3 Å². The molecule has 90 valence electrons. The zero-order valence-electron chi connectivity index (χ0n) is 9.19. The van der Waals surface area contributed by atoms with E-state index in [9.17, 15) is 8.42 Å². The van der Waals surface area contributed by atoms with Gasteiger partial charge >= 0.3 is 0 Å². The molecule has 0 aliphatic heterocycles. The summed E-state index contributed by atoms with van der Waals surface area (Å²) in [6, 6.07) is 9.54. The van der Waals surface area contributed by atoms with Crippen LogP contribution in [-0.4, -0.2) is 26.1 Å². The summed E-state index contributed by atoms with van der Waals surface area (Å²) in [7, 11) is -3.21. The van der Waals surface area contributed by atoms with Crippen molar-refractivity contribution in [1.82, 2.24) is 4.72 Å². The van der Waals surface area contributed by atoms with Gasteiger partial charge in [-0.2, -0.15) is 0 Å². The largest absolute Gasteiger partial charge is 0.214 e. The van der Waals surface area contributed by atoms with Crippen LogP contribution in [0.3, 0.4) is 0 Å². The number of benzene rings is 1. The van der Waals surface area contributed by atoms with E-state index < -0.39 is 10.0 Å². The van der Waals surface area contributed by atoms with Crippen LogP contribution >= 0.6 is 11.6 Å². The zero-order chi connectivity index (χ0) is 12.0. The van der Waals surface area contributed by atoms with Crippen LogP contribution in [0.4, 0.5) is 0 Å². The molecule has 1 atom stereocenters. The molecule has 0 saturated carbocycles. The molecular weight excluding hydrogens is 246 g/mol. The Hall–Kier alpha value is -0.580. The van der Waals surface area contributed by atoms with Gasteiger partial charge in [0.25, 0.3) is 0 Å². The molecule has 1 aromatic rings. The fourth-order valence-electron chi connectivity index (χ4n) is 1.21. The van der Waals surface area contributed by atoms with E-state index in [1.807, 2.05) is 30.3 Å². The maximum absolute atomic E-state index is 11.5. The Kier molecular flexibility index (Phi) is 5.25. The zero-order valence-corrected chi connectivity index (χ0v) is 10.8. The van der Waals surface area contributed by atoms with Gasteiger partial charge in [0.15, 0.2) is 0 Å². The third kappa shape index (κ3) is 5.49. The highest BCUT2D eigenvalue weighted by atomic mass is 35.5. The highest BCUT2D eigenvalue weighted by Gasteiger charge is 2.10. The van der Waals surface area contributed by atoms with Crippen molar-refractivity contribution < 1.29 is 8.42 Å². The van der Waals surface area contributed by atoms with E-state index in [0.717, 1.165) is 5.56 Å². The van der Waals surface area contributed by atoms with Gasteiger partial charge in [0.1, 0.15) is 0 Å². The van der Waals surface area contributed by atoms with Crippen molar-refractivity contribution in [2.75, 3.05) is 12.3 Å². The second-order valence-corrected chi connectivity index (χ2v) is 6.36. The third-order valence-electron chi connectivity index (χ3n) is 2.09. The summed E-state index contributed by atoms with van der Waals surface area (Å²) < 4.78 is 25.5. The number of sulfonamides is 1. The second-order valence-electron chi connectivity index (χ2n) is 3.68. The Morgan fingerprint density at radius 1 is 1.31 bits per heavy atom. The SMILES string of the molecule is CC(Cl)CNS(=O)(=O)CCc1ccccc1. The minimum Gasteiger partial charge on any atom is -0.214 e. The van der Waals surface area contributed by atoms with Crippen molar-refractivity contribution in [3.05, 3.63) is 35.9 Å². The van der Waals surface area contributed by atoms with Crippen LogP contribution in [0.5, 0.6) is 0 Å². The van der Waals surface area contributed by atoms with Crippen molar-refractivity contribution in [2.45, 2.75) is 18.7 Å². The monoisotopic (exact) mass is 261 g/mol. The smallest absolute Gasteiger partial charge is 0.211 e. The first-order chi connectivity index (χ1) is 7.49. The Bertz CT molecular complexity index is 403. The molecule has 3 nitrogen and oxygen atoms in total. The van der Waals surface area contributed by atoms with E-state index in [0.29, 0.717) is 6.42 Å². The van der Waals surface area contributed by atoms with E-state index in [2.05, 4.69) is 4.72 Å². The van der Waals surface area contributed by atoms with Crippen LogP contribution in [0, 0.1) is 0 Å². The molecule has 1 N–H and O–H groups in total. The summed E-state index contributed by atoms with van der Waals surface area (Å²) >= 11 is 5.67. The van der Waals surface area contributed by atoms with Crippen LogP contribution in [0.15, 0.2) is 30.3 Å². The molecule has 0 saturated heterocycles. The minimum absolute atomic E-state index is 0.0978. The number of aryl methyl sites for hydroxylation is 1. The highest BCUT2D eigenvalue weighted by Crippen LogP contribution is 2.01. The van der Waals surface area contributed by atoms with Crippen molar-refractivity contribution in [2.24, 2.45) is 0 Å². The molecule has 0 aliphatic carbocycles. The number of hydrogen-bond acceptors (Lipinski definition) is 2. The number of rotatable bonds is 6. The summed E-state index contributed by atoms with van der Waals surface area (Å²) in [4.78, 5) is 0. The van der Waals surface area contributed by atoms with Crippen LogP contribution < -0.4 is 4.72 Å². The third-order valence-corrected chi connectivity index (χ3v) is 3.59. The minimum atomic E-state index is -3.21. The molecule has 0 fully saturated rings. The van der Waals surface area contributed by atoms with Gasteiger partial charge in [0.2, 0.25) is 10.0 Å². The summed E-state index contributed by atoms with van der Waals surface area (Å²) in [6.45, 7) is 2.03. The molecule has 0 bridgehead atoms. The lowest BCUT2D eigenvalue weighted by Crippen LogP contribution is -2.31. The van der Waals surface area contributed by atoms with E-state index >= 15 is 0 Å². The molecule has 5 heteroatoms. The first kappa shape index (κ1) is 13.5. The van der Waals surface area contributed by atoms with Gasteiger partial charge in [-0.05, 0) is 18.9 Å². The predicted octanol–water partition coefficient (Wildman–Crippen LogP) is 1.78. The fraction of sp³-hybridized carbons (Fsp3) is 0.455. The molecule has 16 heavy (non-hydrogen) atoms. The molecule has 0 spiro atoms. The molecule has 1 unspecified atom stereocenters. The van der Waals surface area contributed by atoms with Gasteiger partial charge in [-0.25, -0.2) is 13.1 Å². The second kappa shape index (κ2) is 6.23. The molecule has 1 aromatic carbocycles. The van der Waals surface area contributed by atoms with Crippen molar-refractivity contribution >= 4 is 21.6 Å². The molecule has 1 rings (SSSR count). The van der Waals surface area contributed by atoms with Crippen molar-refractivity contribution in [3.63, 3.8) is 0 Å². The van der Waals surface area contributed by atoms with Gasteiger partial charge in [-0.15, -0.1) is 11.6 Å². The lowest BCUT2D eigenvalue weighted by atomic mass is 10.2. The normalized spacial score (nSPS) is 13.6. The number of alkyl halides is 1.